The maximum atomic E-state index is 12.7. The quantitative estimate of drug-likeness (QED) is 0.694. The van der Waals surface area contributed by atoms with Crippen LogP contribution in [0.1, 0.15) is 12.0 Å². The fourth-order valence-electron chi connectivity index (χ4n) is 2.87. The van der Waals surface area contributed by atoms with Crippen molar-refractivity contribution in [1.82, 2.24) is 24.0 Å². The topological polar surface area (TPSA) is 73.0 Å². The van der Waals surface area contributed by atoms with Crippen molar-refractivity contribution in [2.45, 2.75) is 19.9 Å². The second-order valence-electron chi connectivity index (χ2n) is 6.75. The molecule has 136 valence electrons. The zero-order chi connectivity index (χ0) is 18.8. The highest BCUT2D eigenvalue weighted by molar-refractivity contribution is 5.75. The average molecular weight is 353 g/mol. The summed E-state index contributed by atoms with van der Waals surface area (Å²) in [5.74, 6) is 0.497. The van der Waals surface area contributed by atoms with Crippen molar-refractivity contribution in [2.24, 2.45) is 7.05 Å². The first-order valence-corrected chi connectivity index (χ1v) is 8.57. The van der Waals surface area contributed by atoms with Gasteiger partial charge in [0.15, 0.2) is 11.5 Å². The largest absolute Gasteiger partial charge is 0.332 e. The number of hydrogen-bond acceptors (Lipinski definition) is 5. The first kappa shape index (κ1) is 18.0. The van der Waals surface area contributed by atoms with Gasteiger partial charge in [0.1, 0.15) is 5.39 Å². The predicted octanol–water partition coefficient (Wildman–Crippen LogP) is 1.42. The summed E-state index contributed by atoms with van der Waals surface area (Å²) in [6.07, 6.45) is 2.23. The average Bonchev–Trinajstić information content (AvgIpc) is 2.62. The molecule has 0 unspecified atom stereocenters. The van der Waals surface area contributed by atoms with Crippen LogP contribution in [0.25, 0.3) is 22.4 Å². The van der Waals surface area contributed by atoms with E-state index in [9.17, 15) is 9.59 Å². The number of benzene rings is 1. The van der Waals surface area contributed by atoms with Crippen LogP contribution in [0, 0.1) is 6.92 Å². The van der Waals surface area contributed by atoms with Gasteiger partial charge < -0.3 is 4.90 Å². The summed E-state index contributed by atoms with van der Waals surface area (Å²) < 4.78 is 2.69. The van der Waals surface area contributed by atoms with Crippen LogP contribution in [0.3, 0.4) is 0 Å². The number of rotatable bonds is 5. The van der Waals surface area contributed by atoms with Crippen molar-refractivity contribution in [3.05, 3.63) is 56.9 Å². The van der Waals surface area contributed by atoms with E-state index in [1.165, 1.54) is 15.3 Å². The molecule has 0 saturated heterocycles. The third-order valence-corrected chi connectivity index (χ3v) is 4.38. The summed E-state index contributed by atoms with van der Waals surface area (Å²) >= 11 is 0. The van der Waals surface area contributed by atoms with Gasteiger partial charge in [-0.1, -0.05) is 29.8 Å². The molecule has 0 radical (unpaired) electrons. The third-order valence-electron chi connectivity index (χ3n) is 4.38. The molecule has 0 N–H and O–H groups in total. The zero-order valence-corrected chi connectivity index (χ0v) is 15.6. The van der Waals surface area contributed by atoms with Crippen molar-refractivity contribution < 1.29 is 0 Å². The second kappa shape index (κ2) is 7.21. The monoisotopic (exact) mass is 353 g/mol. The Kier molecular flexibility index (Phi) is 4.99. The minimum absolute atomic E-state index is 0.336. The van der Waals surface area contributed by atoms with Crippen LogP contribution in [0.15, 0.2) is 40.1 Å². The normalized spacial score (nSPS) is 11.4. The van der Waals surface area contributed by atoms with E-state index in [0.29, 0.717) is 23.4 Å². The Morgan fingerprint density at radius 1 is 1.12 bits per heavy atom. The van der Waals surface area contributed by atoms with Crippen LogP contribution < -0.4 is 11.2 Å². The van der Waals surface area contributed by atoms with Crippen LogP contribution in [-0.4, -0.2) is 44.6 Å². The molecule has 7 nitrogen and oxygen atoms in total. The molecule has 3 aromatic rings. The second-order valence-corrected chi connectivity index (χ2v) is 6.75. The molecular weight excluding hydrogens is 330 g/mol. The van der Waals surface area contributed by atoms with E-state index in [1.807, 2.05) is 50.2 Å². The highest BCUT2D eigenvalue weighted by atomic mass is 16.2. The van der Waals surface area contributed by atoms with Crippen molar-refractivity contribution in [3.8, 4) is 11.4 Å². The molecule has 0 saturated carbocycles. The lowest BCUT2D eigenvalue weighted by atomic mass is 10.1. The minimum atomic E-state index is -0.352. The Labute approximate surface area is 151 Å². The summed E-state index contributed by atoms with van der Waals surface area (Å²) in [7, 11) is 5.56. The van der Waals surface area contributed by atoms with E-state index in [2.05, 4.69) is 9.97 Å². The Hall–Kier alpha value is -2.80. The standard InChI is InChI=1S/C19H23N5O2/c1-13-6-8-14(9-7-13)16-20-12-15-17(21-16)23(4)19(26)24(18(15)25)11-5-10-22(2)3/h6-9,12H,5,10-11H2,1-4H3. The molecule has 0 aliphatic carbocycles. The number of nitrogens with zero attached hydrogens (tertiary/aromatic N) is 5. The molecule has 0 fully saturated rings. The van der Waals surface area contributed by atoms with Gasteiger partial charge in [-0.2, -0.15) is 0 Å². The maximum absolute atomic E-state index is 12.7. The molecule has 26 heavy (non-hydrogen) atoms. The van der Waals surface area contributed by atoms with Gasteiger partial charge in [-0.25, -0.2) is 14.8 Å². The van der Waals surface area contributed by atoms with Gasteiger partial charge in [0.2, 0.25) is 0 Å². The Morgan fingerprint density at radius 2 is 1.81 bits per heavy atom. The number of fused-ring (bicyclic) bond motifs is 1. The smallest absolute Gasteiger partial charge is 0.309 e. The van der Waals surface area contributed by atoms with Gasteiger partial charge in [0.25, 0.3) is 5.56 Å². The van der Waals surface area contributed by atoms with Crippen molar-refractivity contribution >= 4 is 11.0 Å². The van der Waals surface area contributed by atoms with Crippen molar-refractivity contribution in [1.29, 1.82) is 0 Å². The lowest BCUT2D eigenvalue weighted by molar-refractivity contribution is 0.381. The molecule has 3 rings (SSSR count). The van der Waals surface area contributed by atoms with Crippen LogP contribution in [0.5, 0.6) is 0 Å². The Morgan fingerprint density at radius 3 is 2.46 bits per heavy atom. The molecule has 2 aromatic heterocycles. The molecule has 0 bridgehead atoms. The lowest BCUT2D eigenvalue weighted by Gasteiger charge is -2.12. The highest BCUT2D eigenvalue weighted by Gasteiger charge is 2.14. The Balaban J connectivity index is 2.08. The van der Waals surface area contributed by atoms with Crippen LogP contribution in [-0.2, 0) is 13.6 Å². The highest BCUT2D eigenvalue weighted by Crippen LogP contribution is 2.16. The molecule has 0 aliphatic rings. The SMILES string of the molecule is Cc1ccc(-c2ncc3c(=O)n(CCCN(C)C)c(=O)n(C)c3n2)cc1. The van der Waals surface area contributed by atoms with E-state index in [4.69, 9.17) is 0 Å². The molecule has 7 heteroatoms. The first-order chi connectivity index (χ1) is 12.4. The predicted molar refractivity (Wildman–Crippen MR) is 102 cm³/mol. The lowest BCUT2D eigenvalue weighted by Crippen LogP contribution is -2.40. The van der Waals surface area contributed by atoms with Gasteiger partial charge >= 0.3 is 5.69 Å². The van der Waals surface area contributed by atoms with Gasteiger partial charge in [-0.3, -0.25) is 13.9 Å². The maximum Gasteiger partial charge on any atom is 0.332 e. The number of hydrogen-bond donors (Lipinski definition) is 0. The summed E-state index contributed by atoms with van der Waals surface area (Å²) in [6, 6.07) is 7.81. The summed E-state index contributed by atoms with van der Waals surface area (Å²) in [4.78, 5) is 36.2. The number of aryl methyl sites for hydroxylation is 2. The van der Waals surface area contributed by atoms with E-state index < -0.39 is 0 Å². The minimum Gasteiger partial charge on any atom is -0.309 e. The Bertz CT molecular complexity index is 1050. The van der Waals surface area contributed by atoms with E-state index in [-0.39, 0.29) is 11.2 Å². The number of aromatic nitrogens is 4. The van der Waals surface area contributed by atoms with Crippen LogP contribution in [0.4, 0.5) is 0 Å². The van der Waals surface area contributed by atoms with Crippen LogP contribution in [0.2, 0.25) is 0 Å². The summed E-state index contributed by atoms with van der Waals surface area (Å²) in [6.45, 7) is 3.18. The summed E-state index contributed by atoms with van der Waals surface area (Å²) in [5, 5.41) is 0.354. The van der Waals surface area contributed by atoms with Gasteiger partial charge in [-0.15, -0.1) is 0 Å². The fourth-order valence-corrected chi connectivity index (χ4v) is 2.87. The van der Waals surface area contributed by atoms with E-state index >= 15 is 0 Å². The molecule has 2 heterocycles. The molecule has 1 aromatic carbocycles. The molecule has 0 atom stereocenters. The van der Waals surface area contributed by atoms with Gasteiger partial charge in [0.05, 0.1) is 0 Å². The summed E-state index contributed by atoms with van der Waals surface area (Å²) in [5.41, 5.74) is 1.66. The molecular formula is C19H23N5O2. The first-order valence-electron chi connectivity index (χ1n) is 8.57. The third kappa shape index (κ3) is 3.43. The van der Waals surface area contributed by atoms with Crippen molar-refractivity contribution in [3.63, 3.8) is 0 Å². The molecule has 0 aliphatic heterocycles. The van der Waals surface area contributed by atoms with Crippen molar-refractivity contribution in [2.75, 3.05) is 20.6 Å². The molecule has 0 amide bonds. The van der Waals surface area contributed by atoms with E-state index in [0.717, 1.165) is 24.1 Å². The van der Waals surface area contributed by atoms with Gasteiger partial charge in [-0.05, 0) is 34.0 Å². The molecule has 0 spiro atoms. The van der Waals surface area contributed by atoms with Crippen LogP contribution >= 0.6 is 0 Å². The van der Waals surface area contributed by atoms with Gasteiger partial charge in [0, 0.05) is 25.4 Å². The van der Waals surface area contributed by atoms with E-state index in [1.54, 1.807) is 7.05 Å². The zero-order valence-electron chi connectivity index (χ0n) is 15.6. The fraction of sp³-hybridized carbons (Fsp3) is 0.368.